The largest absolute Gasteiger partial charge is 0.480 e. The molecule has 168 valence electrons. The maximum atomic E-state index is 12.9. The molecule has 0 aliphatic heterocycles. The van der Waals surface area contributed by atoms with E-state index in [1.807, 2.05) is 43.3 Å². The Kier molecular flexibility index (Phi) is 5.79. The summed E-state index contributed by atoms with van der Waals surface area (Å²) < 4.78 is 17.6. The van der Waals surface area contributed by atoms with Crippen LogP contribution in [-0.4, -0.2) is 35.1 Å². The molecule has 0 fully saturated rings. The minimum absolute atomic E-state index is 0.205. The van der Waals surface area contributed by atoms with E-state index in [4.69, 9.17) is 13.9 Å². The first-order valence-electron chi connectivity index (χ1n) is 10.1. The molecule has 5 rings (SSSR count). The second kappa shape index (κ2) is 8.89. The van der Waals surface area contributed by atoms with Crippen molar-refractivity contribution in [1.82, 2.24) is 20.3 Å². The van der Waals surface area contributed by atoms with Gasteiger partial charge < -0.3 is 19.2 Å². The molecule has 4 aromatic heterocycles. The first kappa shape index (κ1) is 21.5. The molecule has 0 aliphatic rings. The van der Waals surface area contributed by atoms with Gasteiger partial charge in [-0.15, -0.1) is 22.7 Å². The molecule has 0 saturated carbocycles. The summed E-state index contributed by atoms with van der Waals surface area (Å²) in [4.78, 5) is 27.7. The van der Waals surface area contributed by atoms with E-state index in [0.717, 1.165) is 26.2 Å². The molecule has 0 atom stereocenters. The standard InChI is InChI=1S/C23H20N4O4S2/c1-12-18-21(30-3)26-17(11-29-2)27-23(18)33-19(12)20(28)24-10-13-8-9-15(31-13)22-25-14-6-4-5-7-16(14)32-22/h4-9H,10-11H2,1-3H3,(H,24,28). The summed E-state index contributed by atoms with van der Waals surface area (Å²) in [5.74, 6) is 2.07. The van der Waals surface area contributed by atoms with Gasteiger partial charge in [0.2, 0.25) is 5.88 Å². The molecular formula is C23H20N4O4S2. The number of fused-ring (bicyclic) bond motifs is 2. The predicted octanol–water partition coefficient (Wildman–Crippen LogP) is 4.95. The molecule has 0 aliphatic carbocycles. The van der Waals surface area contributed by atoms with Gasteiger partial charge in [-0.25, -0.2) is 9.97 Å². The Hall–Kier alpha value is -3.34. The molecule has 0 radical (unpaired) electrons. The maximum Gasteiger partial charge on any atom is 0.262 e. The van der Waals surface area contributed by atoms with E-state index in [0.29, 0.717) is 32.9 Å². The van der Waals surface area contributed by atoms with Crippen LogP contribution in [0.1, 0.15) is 26.8 Å². The predicted molar refractivity (Wildman–Crippen MR) is 128 cm³/mol. The lowest BCUT2D eigenvalue weighted by molar-refractivity contribution is 0.0951. The average molecular weight is 481 g/mol. The number of nitrogens with one attached hydrogen (secondary N) is 1. The molecule has 8 nitrogen and oxygen atoms in total. The number of hydrogen-bond acceptors (Lipinski definition) is 9. The van der Waals surface area contributed by atoms with Crippen LogP contribution in [0, 0.1) is 6.92 Å². The monoisotopic (exact) mass is 480 g/mol. The van der Waals surface area contributed by atoms with E-state index < -0.39 is 0 Å². The molecule has 0 bridgehead atoms. The molecule has 10 heteroatoms. The molecule has 5 aromatic rings. The molecule has 0 spiro atoms. The van der Waals surface area contributed by atoms with Gasteiger partial charge >= 0.3 is 0 Å². The molecule has 4 heterocycles. The number of furan rings is 1. The topological polar surface area (TPSA) is 99.4 Å². The van der Waals surface area contributed by atoms with Crippen LogP contribution in [0.5, 0.6) is 5.88 Å². The van der Waals surface area contributed by atoms with E-state index in [1.54, 1.807) is 25.6 Å². The third kappa shape index (κ3) is 4.08. The van der Waals surface area contributed by atoms with Crippen LogP contribution in [0.25, 0.3) is 31.2 Å². The Labute approximate surface area is 197 Å². The third-order valence-electron chi connectivity index (χ3n) is 5.07. The number of methoxy groups -OCH3 is 2. The zero-order valence-corrected chi connectivity index (χ0v) is 19.8. The zero-order chi connectivity index (χ0) is 22.9. The van der Waals surface area contributed by atoms with Crippen molar-refractivity contribution in [3.63, 3.8) is 0 Å². The van der Waals surface area contributed by atoms with Gasteiger partial charge in [-0.05, 0) is 36.8 Å². The van der Waals surface area contributed by atoms with Gasteiger partial charge in [-0.3, -0.25) is 4.79 Å². The van der Waals surface area contributed by atoms with Crippen molar-refractivity contribution in [1.29, 1.82) is 0 Å². The van der Waals surface area contributed by atoms with Crippen molar-refractivity contribution in [3.8, 4) is 16.6 Å². The Balaban J connectivity index is 1.34. The summed E-state index contributed by atoms with van der Waals surface area (Å²) in [7, 11) is 3.13. The second-order valence-corrected chi connectivity index (χ2v) is 9.28. The van der Waals surface area contributed by atoms with E-state index in [9.17, 15) is 4.79 Å². The smallest absolute Gasteiger partial charge is 0.262 e. The summed E-state index contributed by atoms with van der Waals surface area (Å²) in [6, 6.07) is 11.7. The number of nitrogens with zero attached hydrogens (tertiary/aromatic N) is 3. The number of carbonyl (C=O) groups excluding carboxylic acids is 1. The third-order valence-corrected chi connectivity index (χ3v) is 7.30. The highest BCUT2D eigenvalue weighted by molar-refractivity contribution is 7.21. The van der Waals surface area contributed by atoms with Crippen LogP contribution in [0.2, 0.25) is 0 Å². The normalized spacial score (nSPS) is 11.4. The molecule has 1 N–H and O–H groups in total. The SMILES string of the molecule is COCc1nc(OC)c2c(C)c(C(=O)NCc3ccc(-c4nc5ccccc5s4)o3)sc2n1. The Morgan fingerprint density at radius 1 is 1.09 bits per heavy atom. The van der Waals surface area contributed by atoms with Crippen molar-refractivity contribution in [2.45, 2.75) is 20.1 Å². The number of amides is 1. The number of hydrogen-bond donors (Lipinski definition) is 1. The Bertz CT molecular complexity index is 1440. The van der Waals surface area contributed by atoms with Gasteiger partial charge in [-0.1, -0.05) is 12.1 Å². The zero-order valence-electron chi connectivity index (χ0n) is 18.2. The number of thiazole rings is 1. The van der Waals surface area contributed by atoms with Crippen molar-refractivity contribution >= 4 is 49.0 Å². The summed E-state index contributed by atoms with van der Waals surface area (Å²) >= 11 is 2.88. The molecule has 33 heavy (non-hydrogen) atoms. The van der Waals surface area contributed by atoms with Crippen molar-refractivity contribution in [3.05, 3.63) is 58.4 Å². The van der Waals surface area contributed by atoms with E-state index in [1.165, 1.54) is 11.3 Å². The minimum atomic E-state index is -0.205. The summed E-state index contributed by atoms with van der Waals surface area (Å²) in [5, 5.41) is 4.48. The summed E-state index contributed by atoms with van der Waals surface area (Å²) in [6.45, 7) is 2.39. The van der Waals surface area contributed by atoms with E-state index in [-0.39, 0.29) is 19.1 Å². The molecular weight excluding hydrogens is 460 g/mol. The number of thiophene rings is 1. The minimum Gasteiger partial charge on any atom is -0.480 e. The summed E-state index contributed by atoms with van der Waals surface area (Å²) in [6.07, 6.45) is 0. The average Bonchev–Trinajstić information content (AvgIpc) is 3.54. The van der Waals surface area contributed by atoms with Gasteiger partial charge in [0.25, 0.3) is 5.91 Å². The Morgan fingerprint density at radius 2 is 1.94 bits per heavy atom. The number of carbonyl (C=O) groups is 1. The Morgan fingerprint density at radius 3 is 2.73 bits per heavy atom. The number of ether oxygens (including phenoxy) is 2. The van der Waals surface area contributed by atoms with Crippen LogP contribution < -0.4 is 10.1 Å². The van der Waals surface area contributed by atoms with Crippen LogP contribution in [0.3, 0.4) is 0 Å². The van der Waals surface area contributed by atoms with Crippen molar-refractivity contribution in [2.24, 2.45) is 0 Å². The lowest BCUT2D eigenvalue weighted by Gasteiger charge is -2.05. The lowest BCUT2D eigenvalue weighted by atomic mass is 10.2. The highest BCUT2D eigenvalue weighted by Crippen LogP contribution is 2.35. The van der Waals surface area contributed by atoms with Gasteiger partial charge in [0.15, 0.2) is 16.6 Å². The van der Waals surface area contributed by atoms with E-state index in [2.05, 4.69) is 20.3 Å². The highest BCUT2D eigenvalue weighted by atomic mass is 32.1. The first-order chi connectivity index (χ1) is 16.1. The van der Waals surface area contributed by atoms with Gasteiger partial charge in [0.1, 0.15) is 17.2 Å². The van der Waals surface area contributed by atoms with Crippen LogP contribution in [-0.2, 0) is 17.9 Å². The van der Waals surface area contributed by atoms with Crippen LogP contribution in [0.15, 0.2) is 40.8 Å². The fourth-order valence-electron chi connectivity index (χ4n) is 3.52. The van der Waals surface area contributed by atoms with Crippen LogP contribution >= 0.6 is 22.7 Å². The van der Waals surface area contributed by atoms with Gasteiger partial charge in [0.05, 0.1) is 34.1 Å². The van der Waals surface area contributed by atoms with Crippen molar-refractivity contribution in [2.75, 3.05) is 14.2 Å². The number of benzene rings is 1. The van der Waals surface area contributed by atoms with Gasteiger partial charge in [-0.2, -0.15) is 4.98 Å². The maximum absolute atomic E-state index is 12.9. The molecule has 1 amide bonds. The number of rotatable bonds is 7. The lowest BCUT2D eigenvalue weighted by Crippen LogP contribution is -2.22. The van der Waals surface area contributed by atoms with Gasteiger partial charge in [0, 0.05) is 7.11 Å². The molecule has 0 saturated heterocycles. The van der Waals surface area contributed by atoms with Crippen molar-refractivity contribution < 1.29 is 18.7 Å². The second-order valence-electron chi connectivity index (χ2n) is 7.25. The number of para-hydroxylation sites is 1. The molecule has 1 aromatic carbocycles. The number of aromatic nitrogens is 3. The first-order valence-corrected chi connectivity index (χ1v) is 11.8. The quantitative estimate of drug-likeness (QED) is 0.352. The fourth-order valence-corrected chi connectivity index (χ4v) is 5.55. The highest BCUT2D eigenvalue weighted by Gasteiger charge is 2.21. The summed E-state index contributed by atoms with van der Waals surface area (Å²) in [5.41, 5.74) is 1.72. The fraction of sp³-hybridized carbons (Fsp3) is 0.217. The number of aryl methyl sites for hydroxylation is 1. The molecule has 0 unspecified atom stereocenters. The van der Waals surface area contributed by atoms with Crippen LogP contribution in [0.4, 0.5) is 0 Å². The van der Waals surface area contributed by atoms with E-state index >= 15 is 0 Å².